The average molecular weight is 278 g/mol. The molecule has 2 aliphatic carbocycles. The van der Waals surface area contributed by atoms with Gasteiger partial charge in [0.25, 0.3) is 0 Å². The molecule has 1 saturated carbocycles. The molecule has 1 aromatic rings. The largest absolute Gasteiger partial charge is 0.469 e. The van der Waals surface area contributed by atoms with Gasteiger partial charge in [-0.1, -0.05) is 12.8 Å². The highest BCUT2D eigenvalue weighted by molar-refractivity contribution is 5.74. The molecule has 0 spiro atoms. The molecule has 0 saturated heterocycles. The van der Waals surface area contributed by atoms with Gasteiger partial charge in [-0.05, 0) is 31.7 Å². The molecule has 1 fully saturated rings. The Kier molecular flexibility index (Phi) is 3.70. The molecule has 3 rings (SSSR count). The number of furan rings is 1. The Labute approximate surface area is 118 Å². The number of amides is 2. The van der Waals surface area contributed by atoms with Crippen molar-refractivity contribution in [3.63, 3.8) is 0 Å². The minimum Gasteiger partial charge on any atom is -0.469 e. The molecule has 0 aromatic carbocycles. The molecule has 0 bridgehead atoms. The van der Waals surface area contributed by atoms with Crippen LogP contribution in [0.3, 0.4) is 0 Å². The number of aryl methyl sites for hydroxylation is 1. The third kappa shape index (κ3) is 2.68. The number of rotatable bonds is 3. The van der Waals surface area contributed by atoms with Crippen LogP contribution >= 0.6 is 0 Å². The van der Waals surface area contributed by atoms with Crippen molar-refractivity contribution in [1.29, 1.82) is 0 Å². The van der Waals surface area contributed by atoms with E-state index in [1.807, 2.05) is 6.07 Å². The van der Waals surface area contributed by atoms with E-state index in [1.54, 1.807) is 6.26 Å². The third-order valence-electron chi connectivity index (χ3n) is 4.47. The minimum absolute atomic E-state index is 0.180. The predicted octanol–water partition coefficient (Wildman–Crippen LogP) is 2.05. The summed E-state index contributed by atoms with van der Waals surface area (Å²) in [5.74, 6) is 0.844. The molecule has 1 heterocycles. The number of carbonyl (C=O) groups is 1. The molecule has 0 radical (unpaired) electrons. The van der Waals surface area contributed by atoms with Crippen LogP contribution in [0.2, 0.25) is 0 Å². The van der Waals surface area contributed by atoms with Crippen molar-refractivity contribution in [3.8, 4) is 0 Å². The summed E-state index contributed by atoms with van der Waals surface area (Å²) in [6.07, 6.45) is 8.50. The average Bonchev–Trinajstić information content (AvgIpc) is 3.08. The molecule has 1 unspecified atom stereocenters. The van der Waals surface area contributed by atoms with Gasteiger partial charge in [-0.25, -0.2) is 4.79 Å². The van der Waals surface area contributed by atoms with E-state index in [1.165, 1.54) is 12.8 Å². The third-order valence-corrected chi connectivity index (χ3v) is 4.47. The normalized spacial score (nSPS) is 26.2. The first-order valence-corrected chi connectivity index (χ1v) is 7.51. The fourth-order valence-corrected chi connectivity index (χ4v) is 3.34. The van der Waals surface area contributed by atoms with Crippen LogP contribution in [0, 0.1) is 0 Å². The van der Waals surface area contributed by atoms with Gasteiger partial charge >= 0.3 is 6.03 Å². The first kappa shape index (κ1) is 13.5. The van der Waals surface area contributed by atoms with E-state index in [2.05, 4.69) is 10.6 Å². The molecular formula is C15H22N2O3. The van der Waals surface area contributed by atoms with Gasteiger partial charge in [0.2, 0.25) is 0 Å². The van der Waals surface area contributed by atoms with Crippen molar-refractivity contribution in [2.24, 2.45) is 0 Å². The molecule has 5 nitrogen and oxygen atoms in total. The maximum Gasteiger partial charge on any atom is 0.315 e. The highest BCUT2D eigenvalue weighted by atomic mass is 16.3. The smallest absolute Gasteiger partial charge is 0.315 e. The van der Waals surface area contributed by atoms with Crippen LogP contribution < -0.4 is 10.6 Å². The SMILES string of the molecule is O=C(NCC1(O)CCCc2occc21)NC1CCCC1. The number of carbonyl (C=O) groups excluding carboxylic acids is 1. The van der Waals surface area contributed by atoms with Crippen LogP contribution in [-0.4, -0.2) is 23.7 Å². The molecule has 1 atom stereocenters. The van der Waals surface area contributed by atoms with Gasteiger partial charge < -0.3 is 20.2 Å². The molecule has 110 valence electrons. The molecule has 20 heavy (non-hydrogen) atoms. The Bertz CT molecular complexity index is 479. The summed E-state index contributed by atoms with van der Waals surface area (Å²) in [5, 5.41) is 16.5. The summed E-state index contributed by atoms with van der Waals surface area (Å²) in [4.78, 5) is 11.9. The van der Waals surface area contributed by atoms with Crippen LogP contribution in [0.25, 0.3) is 0 Å². The number of hydrogen-bond donors (Lipinski definition) is 3. The zero-order valence-electron chi connectivity index (χ0n) is 11.7. The Hall–Kier alpha value is -1.49. The van der Waals surface area contributed by atoms with Gasteiger partial charge in [0.15, 0.2) is 0 Å². The lowest BCUT2D eigenvalue weighted by molar-refractivity contribution is 0.0194. The Morgan fingerprint density at radius 3 is 3.00 bits per heavy atom. The fraction of sp³-hybridized carbons (Fsp3) is 0.667. The van der Waals surface area contributed by atoms with Crippen LogP contribution in [0.5, 0.6) is 0 Å². The highest BCUT2D eigenvalue weighted by Gasteiger charge is 2.36. The van der Waals surface area contributed by atoms with Crippen molar-refractivity contribution in [2.75, 3.05) is 6.54 Å². The second-order valence-corrected chi connectivity index (χ2v) is 5.95. The van der Waals surface area contributed by atoms with Crippen molar-refractivity contribution >= 4 is 6.03 Å². The van der Waals surface area contributed by atoms with Gasteiger partial charge in [-0.3, -0.25) is 0 Å². The first-order chi connectivity index (χ1) is 9.67. The zero-order chi connectivity index (χ0) is 14.0. The second kappa shape index (κ2) is 5.48. The van der Waals surface area contributed by atoms with E-state index < -0.39 is 5.60 Å². The topological polar surface area (TPSA) is 74.5 Å². The molecule has 1 aromatic heterocycles. The minimum atomic E-state index is -0.992. The van der Waals surface area contributed by atoms with Gasteiger partial charge in [0.1, 0.15) is 11.4 Å². The van der Waals surface area contributed by atoms with Crippen LogP contribution in [0.15, 0.2) is 16.7 Å². The number of nitrogens with one attached hydrogen (secondary N) is 2. The molecule has 2 aliphatic rings. The van der Waals surface area contributed by atoms with E-state index in [9.17, 15) is 9.90 Å². The summed E-state index contributed by atoms with van der Waals surface area (Å²) >= 11 is 0. The van der Waals surface area contributed by atoms with E-state index in [-0.39, 0.29) is 12.6 Å². The lowest BCUT2D eigenvalue weighted by Gasteiger charge is -2.32. The van der Waals surface area contributed by atoms with Gasteiger partial charge in [0, 0.05) is 18.0 Å². The summed E-state index contributed by atoms with van der Waals surface area (Å²) in [7, 11) is 0. The second-order valence-electron chi connectivity index (χ2n) is 5.95. The van der Waals surface area contributed by atoms with E-state index in [4.69, 9.17) is 4.42 Å². The molecular weight excluding hydrogens is 256 g/mol. The fourth-order valence-electron chi connectivity index (χ4n) is 3.34. The number of urea groups is 1. The van der Waals surface area contributed by atoms with Crippen molar-refractivity contribution in [2.45, 2.75) is 56.6 Å². The van der Waals surface area contributed by atoms with Crippen LogP contribution in [0.4, 0.5) is 4.79 Å². The maximum absolute atomic E-state index is 11.9. The molecule has 2 amide bonds. The van der Waals surface area contributed by atoms with Crippen LogP contribution in [0.1, 0.15) is 49.8 Å². The predicted molar refractivity (Wildman–Crippen MR) is 74.3 cm³/mol. The number of fused-ring (bicyclic) bond motifs is 1. The van der Waals surface area contributed by atoms with Crippen molar-refractivity contribution < 1.29 is 14.3 Å². The highest BCUT2D eigenvalue weighted by Crippen LogP contribution is 2.35. The van der Waals surface area contributed by atoms with Gasteiger partial charge in [-0.2, -0.15) is 0 Å². The monoisotopic (exact) mass is 278 g/mol. The summed E-state index contributed by atoms with van der Waals surface area (Å²) < 4.78 is 5.38. The standard InChI is InChI=1S/C15H22N2O3/c18-14(17-11-4-1-2-5-11)16-10-15(19)8-3-6-13-12(15)7-9-20-13/h7,9,11,19H,1-6,8,10H2,(H2,16,17,18). The summed E-state index contributed by atoms with van der Waals surface area (Å²) in [6.45, 7) is 0.234. The van der Waals surface area contributed by atoms with Crippen LogP contribution in [-0.2, 0) is 12.0 Å². The molecule has 3 N–H and O–H groups in total. The zero-order valence-corrected chi connectivity index (χ0v) is 11.7. The van der Waals surface area contributed by atoms with Gasteiger partial charge in [0.05, 0.1) is 12.8 Å². The Morgan fingerprint density at radius 2 is 2.20 bits per heavy atom. The Balaban J connectivity index is 1.57. The lowest BCUT2D eigenvalue weighted by Crippen LogP contribution is -2.48. The first-order valence-electron chi connectivity index (χ1n) is 7.51. The van der Waals surface area contributed by atoms with E-state index in [0.29, 0.717) is 12.5 Å². The molecule has 5 heteroatoms. The summed E-state index contributed by atoms with van der Waals surface area (Å²) in [5.41, 5.74) is -0.168. The Morgan fingerprint density at radius 1 is 1.40 bits per heavy atom. The van der Waals surface area contributed by atoms with E-state index >= 15 is 0 Å². The van der Waals surface area contributed by atoms with Gasteiger partial charge in [-0.15, -0.1) is 0 Å². The lowest BCUT2D eigenvalue weighted by atomic mass is 9.83. The van der Waals surface area contributed by atoms with Crippen molar-refractivity contribution in [3.05, 3.63) is 23.7 Å². The quantitative estimate of drug-likeness (QED) is 0.792. The molecule has 0 aliphatic heterocycles. The van der Waals surface area contributed by atoms with E-state index in [0.717, 1.165) is 37.0 Å². The maximum atomic E-state index is 11.9. The number of hydrogen-bond acceptors (Lipinski definition) is 3. The number of aliphatic hydroxyl groups is 1. The summed E-state index contributed by atoms with van der Waals surface area (Å²) in [6, 6.07) is 1.92. The van der Waals surface area contributed by atoms with Crippen molar-refractivity contribution in [1.82, 2.24) is 10.6 Å².